The van der Waals surface area contributed by atoms with Crippen molar-refractivity contribution in [3.63, 3.8) is 0 Å². The molecule has 1 aliphatic carbocycles. The fourth-order valence-electron chi connectivity index (χ4n) is 4.68. The van der Waals surface area contributed by atoms with E-state index in [9.17, 15) is 0 Å². The minimum Gasteiger partial charge on any atom is -0.378 e. The highest BCUT2D eigenvalue weighted by Crippen LogP contribution is 2.48. The number of hydrogen-bond donors (Lipinski definition) is 1. The molecule has 0 aromatic rings. The van der Waals surface area contributed by atoms with E-state index in [-0.39, 0.29) is 11.0 Å². The van der Waals surface area contributed by atoms with Crippen LogP contribution in [-0.4, -0.2) is 37.0 Å². The van der Waals surface area contributed by atoms with Crippen molar-refractivity contribution in [1.82, 2.24) is 5.32 Å². The van der Waals surface area contributed by atoms with Gasteiger partial charge in [0.05, 0.1) is 17.8 Å². The van der Waals surface area contributed by atoms with Crippen LogP contribution < -0.4 is 5.32 Å². The Hall–Kier alpha value is -0.120. The van der Waals surface area contributed by atoms with Gasteiger partial charge in [0.2, 0.25) is 0 Å². The molecule has 3 rings (SSSR count). The third-order valence-electron chi connectivity index (χ3n) is 6.18. The third kappa shape index (κ3) is 3.30. The normalized spacial score (nSPS) is 38.9. The molecule has 2 aliphatic heterocycles. The first-order chi connectivity index (χ1) is 10.0. The molecule has 0 aromatic heterocycles. The molecule has 3 unspecified atom stereocenters. The SMILES string of the molecule is CC(C)NCC1(CC2CCC3(CCCC3)O2)CCOC1C. The summed E-state index contributed by atoms with van der Waals surface area (Å²) in [6, 6.07) is 0.542. The van der Waals surface area contributed by atoms with E-state index in [4.69, 9.17) is 9.47 Å². The van der Waals surface area contributed by atoms with Crippen molar-refractivity contribution in [3.8, 4) is 0 Å². The van der Waals surface area contributed by atoms with Gasteiger partial charge >= 0.3 is 0 Å². The summed E-state index contributed by atoms with van der Waals surface area (Å²) in [6.07, 6.45) is 11.1. The van der Waals surface area contributed by atoms with Crippen molar-refractivity contribution >= 4 is 0 Å². The fourth-order valence-corrected chi connectivity index (χ4v) is 4.68. The van der Waals surface area contributed by atoms with Crippen LogP contribution in [0.1, 0.15) is 72.1 Å². The maximum Gasteiger partial charge on any atom is 0.0687 e. The van der Waals surface area contributed by atoms with E-state index in [1.165, 1.54) is 51.4 Å². The van der Waals surface area contributed by atoms with Gasteiger partial charge in [-0.05, 0) is 45.4 Å². The molecule has 122 valence electrons. The lowest BCUT2D eigenvalue weighted by atomic mass is 9.76. The second kappa shape index (κ2) is 6.17. The lowest BCUT2D eigenvalue weighted by Crippen LogP contribution is -2.44. The summed E-state index contributed by atoms with van der Waals surface area (Å²) in [6.45, 7) is 8.70. The summed E-state index contributed by atoms with van der Waals surface area (Å²) in [5.41, 5.74) is 0.541. The van der Waals surface area contributed by atoms with E-state index in [1.807, 2.05) is 0 Å². The van der Waals surface area contributed by atoms with Gasteiger partial charge in [0, 0.05) is 24.6 Å². The zero-order valence-corrected chi connectivity index (χ0v) is 14.1. The second-order valence-corrected chi connectivity index (χ2v) is 8.03. The molecule has 3 nitrogen and oxygen atoms in total. The summed E-state index contributed by atoms with van der Waals surface area (Å²) >= 11 is 0. The van der Waals surface area contributed by atoms with E-state index in [0.29, 0.717) is 18.2 Å². The molecule has 0 amide bonds. The third-order valence-corrected chi connectivity index (χ3v) is 6.18. The average Bonchev–Trinajstić information content (AvgIpc) is 3.14. The quantitative estimate of drug-likeness (QED) is 0.839. The Labute approximate surface area is 130 Å². The molecule has 0 radical (unpaired) electrons. The highest BCUT2D eigenvalue weighted by Gasteiger charge is 2.48. The maximum atomic E-state index is 6.57. The zero-order valence-electron chi connectivity index (χ0n) is 14.1. The molecule has 1 spiro atoms. The summed E-state index contributed by atoms with van der Waals surface area (Å²) in [7, 11) is 0. The predicted octanol–water partition coefficient (Wildman–Crippen LogP) is 3.66. The Morgan fingerprint density at radius 1 is 1.14 bits per heavy atom. The van der Waals surface area contributed by atoms with Crippen LogP contribution in [0, 0.1) is 5.41 Å². The lowest BCUT2D eigenvalue weighted by Gasteiger charge is -2.36. The topological polar surface area (TPSA) is 30.5 Å². The molecule has 2 heterocycles. The number of hydrogen-bond acceptors (Lipinski definition) is 3. The van der Waals surface area contributed by atoms with Gasteiger partial charge in [-0.15, -0.1) is 0 Å². The smallest absolute Gasteiger partial charge is 0.0687 e. The largest absolute Gasteiger partial charge is 0.378 e. The Kier molecular flexibility index (Phi) is 4.63. The highest BCUT2D eigenvalue weighted by atomic mass is 16.5. The Balaban J connectivity index is 1.62. The molecular weight excluding hydrogens is 262 g/mol. The molecule has 0 aromatic carbocycles. The molecule has 1 saturated carbocycles. The minimum absolute atomic E-state index is 0.264. The van der Waals surface area contributed by atoms with Gasteiger partial charge in [-0.3, -0.25) is 0 Å². The van der Waals surface area contributed by atoms with E-state index < -0.39 is 0 Å². The molecule has 3 heteroatoms. The van der Waals surface area contributed by atoms with Crippen molar-refractivity contribution in [2.75, 3.05) is 13.2 Å². The van der Waals surface area contributed by atoms with Crippen LogP contribution >= 0.6 is 0 Å². The van der Waals surface area contributed by atoms with Crippen molar-refractivity contribution < 1.29 is 9.47 Å². The summed E-state index contributed by atoms with van der Waals surface area (Å²) < 4.78 is 12.5. The molecular formula is C18H33NO2. The standard InChI is InChI=1S/C18H33NO2/c1-14(2)19-13-17(10-11-20-15(17)3)12-16-6-9-18(21-16)7-4-5-8-18/h14-16,19H,4-13H2,1-3H3. The molecule has 3 aliphatic rings. The monoisotopic (exact) mass is 295 g/mol. The molecule has 0 bridgehead atoms. The van der Waals surface area contributed by atoms with Gasteiger partial charge in [0.1, 0.15) is 0 Å². The number of rotatable bonds is 5. The number of ether oxygens (including phenoxy) is 2. The Bertz CT molecular complexity index is 351. The van der Waals surface area contributed by atoms with Gasteiger partial charge in [-0.1, -0.05) is 26.7 Å². The van der Waals surface area contributed by atoms with Crippen LogP contribution in [-0.2, 0) is 9.47 Å². The maximum absolute atomic E-state index is 6.57. The van der Waals surface area contributed by atoms with Crippen molar-refractivity contribution in [3.05, 3.63) is 0 Å². The van der Waals surface area contributed by atoms with Crippen molar-refractivity contribution in [1.29, 1.82) is 0 Å². The van der Waals surface area contributed by atoms with Gasteiger partial charge in [-0.25, -0.2) is 0 Å². The second-order valence-electron chi connectivity index (χ2n) is 8.03. The Morgan fingerprint density at radius 2 is 1.90 bits per heavy atom. The van der Waals surface area contributed by atoms with Gasteiger partial charge in [-0.2, -0.15) is 0 Å². The molecule has 2 saturated heterocycles. The van der Waals surface area contributed by atoms with Crippen LogP contribution in [0.15, 0.2) is 0 Å². The molecule has 1 N–H and O–H groups in total. The van der Waals surface area contributed by atoms with Crippen LogP contribution in [0.5, 0.6) is 0 Å². The van der Waals surface area contributed by atoms with Gasteiger partial charge in [0.15, 0.2) is 0 Å². The lowest BCUT2D eigenvalue weighted by molar-refractivity contribution is -0.0616. The summed E-state index contributed by atoms with van der Waals surface area (Å²) in [4.78, 5) is 0. The van der Waals surface area contributed by atoms with E-state index in [0.717, 1.165) is 13.2 Å². The zero-order chi connectivity index (χ0) is 14.9. The van der Waals surface area contributed by atoms with Crippen LogP contribution in [0.3, 0.4) is 0 Å². The first-order valence-corrected chi connectivity index (χ1v) is 9.06. The van der Waals surface area contributed by atoms with Crippen molar-refractivity contribution in [2.24, 2.45) is 5.41 Å². The fraction of sp³-hybridized carbons (Fsp3) is 1.00. The Morgan fingerprint density at radius 3 is 2.52 bits per heavy atom. The van der Waals surface area contributed by atoms with Gasteiger partial charge < -0.3 is 14.8 Å². The minimum atomic E-state index is 0.264. The van der Waals surface area contributed by atoms with E-state index in [1.54, 1.807) is 0 Å². The van der Waals surface area contributed by atoms with Gasteiger partial charge in [0.25, 0.3) is 0 Å². The first-order valence-electron chi connectivity index (χ1n) is 9.06. The van der Waals surface area contributed by atoms with Crippen LogP contribution in [0.4, 0.5) is 0 Å². The summed E-state index contributed by atoms with van der Waals surface area (Å²) in [5.74, 6) is 0. The molecule has 3 fully saturated rings. The predicted molar refractivity (Wildman–Crippen MR) is 85.5 cm³/mol. The van der Waals surface area contributed by atoms with E-state index in [2.05, 4.69) is 26.1 Å². The van der Waals surface area contributed by atoms with Crippen molar-refractivity contribution in [2.45, 2.75) is 96.0 Å². The van der Waals surface area contributed by atoms with Crippen LogP contribution in [0.2, 0.25) is 0 Å². The first kappa shape index (κ1) is 15.8. The van der Waals surface area contributed by atoms with Crippen LogP contribution in [0.25, 0.3) is 0 Å². The average molecular weight is 295 g/mol. The highest BCUT2D eigenvalue weighted by molar-refractivity contribution is 4.98. The van der Waals surface area contributed by atoms with E-state index >= 15 is 0 Å². The number of nitrogens with one attached hydrogen (secondary N) is 1. The summed E-state index contributed by atoms with van der Waals surface area (Å²) in [5, 5.41) is 3.66. The molecule has 21 heavy (non-hydrogen) atoms. The molecule has 3 atom stereocenters.